The van der Waals surface area contributed by atoms with E-state index in [0.29, 0.717) is 6.54 Å². The smallest absolute Gasteiger partial charge is 0.269 e. The molecule has 0 atom stereocenters. The Bertz CT molecular complexity index is 794. The summed E-state index contributed by atoms with van der Waals surface area (Å²) in [5.41, 5.74) is 1.96. The molecular weight excluding hydrogens is 271 g/mol. The molecule has 0 aliphatic carbocycles. The Hall–Kier alpha value is -2.69. The number of benzene rings is 2. The molecule has 0 fully saturated rings. The van der Waals surface area contributed by atoms with Crippen molar-refractivity contribution in [2.45, 2.75) is 13.0 Å². The van der Waals surface area contributed by atoms with Crippen molar-refractivity contribution < 1.29 is 9.31 Å². The van der Waals surface area contributed by atoms with Crippen molar-refractivity contribution in [3.05, 3.63) is 76.2 Å². The molecule has 0 saturated carbocycles. The third-order valence-corrected chi connectivity index (χ3v) is 3.52. The van der Waals surface area contributed by atoms with Gasteiger partial charge in [-0.05, 0) is 41.6 Å². The van der Waals surface area contributed by atoms with E-state index in [2.05, 4.69) is 0 Å². The van der Waals surface area contributed by atoms with Crippen LogP contribution in [0.4, 0.5) is 10.1 Å². The maximum Gasteiger partial charge on any atom is 0.269 e. The van der Waals surface area contributed by atoms with Gasteiger partial charge in [-0.15, -0.1) is 0 Å². The van der Waals surface area contributed by atoms with Gasteiger partial charge in [-0.2, -0.15) is 0 Å². The highest BCUT2D eigenvalue weighted by atomic mass is 19.1. The van der Waals surface area contributed by atoms with Crippen molar-refractivity contribution in [1.82, 2.24) is 4.57 Å². The Morgan fingerprint density at radius 2 is 1.86 bits per heavy atom. The summed E-state index contributed by atoms with van der Waals surface area (Å²) < 4.78 is 15.3. The average molecular weight is 284 g/mol. The number of non-ortho nitro benzene ring substituents is 1. The SMILES string of the molecule is O=[N+]([O-])c1ccc(CCn2ccc3ccc(F)cc32)cc1. The predicted molar refractivity (Wildman–Crippen MR) is 78.7 cm³/mol. The fraction of sp³-hybridized carbons (Fsp3) is 0.125. The Morgan fingerprint density at radius 1 is 1.10 bits per heavy atom. The summed E-state index contributed by atoms with van der Waals surface area (Å²) in [4.78, 5) is 10.2. The lowest BCUT2D eigenvalue weighted by Crippen LogP contribution is -2.00. The molecule has 0 aliphatic rings. The van der Waals surface area contributed by atoms with Crippen LogP contribution >= 0.6 is 0 Å². The second-order valence-electron chi connectivity index (χ2n) is 4.89. The van der Waals surface area contributed by atoms with Crippen LogP contribution in [0.1, 0.15) is 5.56 Å². The molecule has 0 bridgehead atoms. The lowest BCUT2D eigenvalue weighted by atomic mass is 10.1. The monoisotopic (exact) mass is 284 g/mol. The minimum absolute atomic E-state index is 0.0900. The molecule has 2 aromatic carbocycles. The molecule has 0 unspecified atom stereocenters. The Morgan fingerprint density at radius 3 is 2.57 bits per heavy atom. The van der Waals surface area contributed by atoms with Gasteiger partial charge < -0.3 is 4.57 Å². The van der Waals surface area contributed by atoms with Crippen LogP contribution in [-0.4, -0.2) is 9.49 Å². The van der Waals surface area contributed by atoms with E-state index in [1.165, 1.54) is 24.3 Å². The van der Waals surface area contributed by atoms with Gasteiger partial charge in [0, 0.05) is 24.9 Å². The normalized spacial score (nSPS) is 10.9. The van der Waals surface area contributed by atoms with E-state index in [9.17, 15) is 14.5 Å². The molecule has 4 nitrogen and oxygen atoms in total. The van der Waals surface area contributed by atoms with Crippen molar-refractivity contribution >= 4 is 16.6 Å². The van der Waals surface area contributed by atoms with Gasteiger partial charge in [0.15, 0.2) is 0 Å². The van der Waals surface area contributed by atoms with E-state index in [4.69, 9.17) is 0 Å². The van der Waals surface area contributed by atoms with Gasteiger partial charge in [0.25, 0.3) is 5.69 Å². The van der Waals surface area contributed by atoms with Crippen molar-refractivity contribution in [3.63, 3.8) is 0 Å². The van der Waals surface area contributed by atoms with Crippen LogP contribution in [-0.2, 0) is 13.0 Å². The Kier molecular flexibility index (Phi) is 3.39. The van der Waals surface area contributed by atoms with Crippen molar-refractivity contribution in [2.75, 3.05) is 0 Å². The predicted octanol–water partition coefficient (Wildman–Crippen LogP) is 3.93. The third-order valence-electron chi connectivity index (χ3n) is 3.52. The Balaban J connectivity index is 1.77. The second kappa shape index (κ2) is 5.36. The highest BCUT2D eigenvalue weighted by Gasteiger charge is 2.05. The first-order chi connectivity index (χ1) is 10.1. The van der Waals surface area contributed by atoms with Crippen LogP contribution in [0.25, 0.3) is 10.9 Å². The number of fused-ring (bicyclic) bond motifs is 1. The quantitative estimate of drug-likeness (QED) is 0.538. The first-order valence-corrected chi connectivity index (χ1v) is 6.61. The standard InChI is InChI=1S/C16H13FN2O2/c17-14-4-3-13-8-10-18(16(13)11-14)9-7-12-1-5-15(6-2-12)19(20)21/h1-6,8,10-11H,7,9H2. The third kappa shape index (κ3) is 2.76. The highest BCUT2D eigenvalue weighted by molar-refractivity contribution is 5.80. The van der Waals surface area contributed by atoms with Crippen molar-refractivity contribution in [3.8, 4) is 0 Å². The summed E-state index contributed by atoms with van der Waals surface area (Å²) in [7, 11) is 0. The minimum Gasteiger partial charge on any atom is -0.347 e. The van der Waals surface area contributed by atoms with Crippen molar-refractivity contribution in [1.29, 1.82) is 0 Å². The van der Waals surface area contributed by atoms with Gasteiger partial charge in [0.05, 0.1) is 10.4 Å². The van der Waals surface area contributed by atoms with E-state index in [1.807, 2.05) is 16.8 Å². The number of rotatable bonds is 4. The zero-order valence-electron chi connectivity index (χ0n) is 11.2. The topological polar surface area (TPSA) is 48.1 Å². The van der Waals surface area contributed by atoms with Gasteiger partial charge in [-0.1, -0.05) is 12.1 Å². The number of aromatic nitrogens is 1. The maximum atomic E-state index is 13.3. The first kappa shape index (κ1) is 13.3. The number of nitro benzene ring substituents is 1. The molecule has 0 saturated heterocycles. The zero-order valence-corrected chi connectivity index (χ0v) is 11.2. The molecule has 3 rings (SSSR count). The number of hydrogen-bond acceptors (Lipinski definition) is 2. The Labute approximate surface area is 120 Å². The van der Waals surface area contributed by atoms with Crippen LogP contribution in [0.2, 0.25) is 0 Å². The van der Waals surface area contributed by atoms with Crippen molar-refractivity contribution in [2.24, 2.45) is 0 Å². The number of aryl methyl sites for hydroxylation is 2. The van der Waals surface area contributed by atoms with Gasteiger partial charge in [-0.25, -0.2) is 4.39 Å². The molecule has 1 heterocycles. The van der Waals surface area contributed by atoms with E-state index >= 15 is 0 Å². The minimum atomic E-state index is -0.411. The summed E-state index contributed by atoms with van der Waals surface area (Å²) in [6.07, 6.45) is 2.66. The molecule has 21 heavy (non-hydrogen) atoms. The molecular formula is C16H13FN2O2. The summed E-state index contributed by atoms with van der Waals surface area (Å²) in [6.45, 7) is 0.699. The van der Waals surface area contributed by atoms with Crippen LogP contribution < -0.4 is 0 Å². The van der Waals surface area contributed by atoms with E-state index in [1.54, 1.807) is 18.2 Å². The van der Waals surface area contributed by atoms with Crippen LogP contribution in [0.15, 0.2) is 54.7 Å². The molecule has 0 amide bonds. The molecule has 3 aromatic rings. The fourth-order valence-electron chi connectivity index (χ4n) is 2.39. The first-order valence-electron chi connectivity index (χ1n) is 6.61. The molecule has 0 N–H and O–H groups in total. The zero-order chi connectivity index (χ0) is 14.8. The maximum absolute atomic E-state index is 13.3. The average Bonchev–Trinajstić information content (AvgIpc) is 2.88. The molecule has 0 radical (unpaired) electrons. The second-order valence-corrected chi connectivity index (χ2v) is 4.89. The number of hydrogen-bond donors (Lipinski definition) is 0. The summed E-state index contributed by atoms with van der Waals surface area (Å²) in [6, 6.07) is 13.2. The molecule has 0 aliphatic heterocycles. The summed E-state index contributed by atoms with van der Waals surface area (Å²) in [5, 5.41) is 11.6. The van der Waals surface area contributed by atoms with Gasteiger partial charge in [0.1, 0.15) is 5.82 Å². The lowest BCUT2D eigenvalue weighted by molar-refractivity contribution is -0.384. The molecule has 5 heteroatoms. The molecule has 1 aromatic heterocycles. The molecule has 106 valence electrons. The number of nitro groups is 1. The van der Waals surface area contributed by atoms with Gasteiger partial charge in [0.2, 0.25) is 0 Å². The largest absolute Gasteiger partial charge is 0.347 e. The van der Waals surface area contributed by atoms with Gasteiger partial charge in [-0.3, -0.25) is 10.1 Å². The van der Waals surface area contributed by atoms with E-state index < -0.39 is 4.92 Å². The van der Waals surface area contributed by atoms with Gasteiger partial charge >= 0.3 is 0 Å². The fourth-order valence-corrected chi connectivity index (χ4v) is 2.39. The summed E-state index contributed by atoms with van der Waals surface area (Å²) >= 11 is 0. The van der Waals surface area contributed by atoms with Crippen LogP contribution in [0.3, 0.4) is 0 Å². The highest BCUT2D eigenvalue weighted by Crippen LogP contribution is 2.18. The lowest BCUT2D eigenvalue weighted by Gasteiger charge is -2.06. The van der Waals surface area contributed by atoms with E-state index in [0.717, 1.165) is 22.9 Å². The van der Waals surface area contributed by atoms with Crippen LogP contribution in [0, 0.1) is 15.9 Å². The van der Waals surface area contributed by atoms with Crippen LogP contribution in [0.5, 0.6) is 0 Å². The molecule has 0 spiro atoms. The van der Waals surface area contributed by atoms with E-state index in [-0.39, 0.29) is 11.5 Å². The number of nitrogens with zero attached hydrogens (tertiary/aromatic N) is 2. The number of halogens is 1. The summed E-state index contributed by atoms with van der Waals surface area (Å²) in [5.74, 6) is -0.252.